The minimum absolute atomic E-state index is 0.0483. The lowest BCUT2D eigenvalue weighted by molar-refractivity contribution is -0.132. The van der Waals surface area contributed by atoms with Crippen molar-refractivity contribution in [3.63, 3.8) is 0 Å². The van der Waals surface area contributed by atoms with Gasteiger partial charge < -0.3 is 19.7 Å². The van der Waals surface area contributed by atoms with Gasteiger partial charge in [-0.15, -0.1) is 0 Å². The zero-order valence-corrected chi connectivity index (χ0v) is 15.5. The van der Waals surface area contributed by atoms with Crippen LogP contribution in [0, 0.1) is 0 Å². The van der Waals surface area contributed by atoms with Crippen LogP contribution in [0.5, 0.6) is 5.75 Å². The van der Waals surface area contributed by atoms with Crippen LogP contribution in [-0.4, -0.2) is 68.3 Å². The van der Waals surface area contributed by atoms with Gasteiger partial charge in [0.1, 0.15) is 5.75 Å². The molecule has 7 heteroatoms. The van der Waals surface area contributed by atoms with Crippen molar-refractivity contribution in [1.29, 1.82) is 0 Å². The van der Waals surface area contributed by atoms with E-state index in [4.69, 9.17) is 9.47 Å². The summed E-state index contributed by atoms with van der Waals surface area (Å²) in [5.41, 5.74) is -0.209. The number of fused-ring (bicyclic) bond motifs is 1. The number of carbonyl (C=O) groups is 2. The van der Waals surface area contributed by atoms with Crippen LogP contribution in [0.2, 0.25) is 0 Å². The minimum atomic E-state index is -0.929. The van der Waals surface area contributed by atoms with E-state index in [2.05, 4.69) is 10.2 Å². The molecule has 7 nitrogen and oxygen atoms in total. The van der Waals surface area contributed by atoms with Crippen molar-refractivity contribution in [3.8, 4) is 5.75 Å². The highest BCUT2D eigenvalue weighted by atomic mass is 16.5. The summed E-state index contributed by atoms with van der Waals surface area (Å²) in [5.74, 6) is 0.495. The molecule has 0 unspecified atom stereocenters. The van der Waals surface area contributed by atoms with Crippen LogP contribution in [0.1, 0.15) is 20.3 Å². The molecule has 0 saturated carbocycles. The third-order valence-corrected chi connectivity index (χ3v) is 4.70. The van der Waals surface area contributed by atoms with E-state index < -0.39 is 5.60 Å². The van der Waals surface area contributed by atoms with Gasteiger partial charge in [-0.2, -0.15) is 0 Å². The molecule has 142 valence electrons. The first-order valence-electron chi connectivity index (χ1n) is 9.14. The lowest BCUT2D eigenvalue weighted by atomic mass is 10.0. The van der Waals surface area contributed by atoms with Crippen LogP contribution in [-0.2, 0) is 14.3 Å². The van der Waals surface area contributed by atoms with Gasteiger partial charge in [0.15, 0.2) is 5.60 Å². The van der Waals surface area contributed by atoms with Crippen molar-refractivity contribution in [2.75, 3.05) is 50.8 Å². The fourth-order valence-electron chi connectivity index (χ4n) is 3.22. The number of morpholine rings is 1. The van der Waals surface area contributed by atoms with E-state index in [0.717, 1.165) is 38.5 Å². The minimum Gasteiger partial charge on any atom is -0.476 e. The third kappa shape index (κ3) is 4.34. The molecule has 0 spiro atoms. The van der Waals surface area contributed by atoms with Crippen molar-refractivity contribution in [3.05, 3.63) is 24.3 Å². The van der Waals surface area contributed by atoms with Crippen molar-refractivity contribution in [1.82, 2.24) is 10.2 Å². The lowest BCUT2D eigenvalue weighted by Gasteiger charge is -2.38. The molecule has 0 bridgehead atoms. The summed E-state index contributed by atoms with van der Waals surface area (Å²) in [5, 5.41) is 2.94. The van der Waals surface area contributed by atoms with Gasteiger partial charge in [-0.1, -0.05) is 12.1 Å². The molecule has 0 radical (unpaired) electrons. The number of benzene rings is 1. The number of anilines is 1. The number of amides is 2. The second-order valence-electron chi connectivity index (χ2n) is 7.09. The highest BCUT2D eigenvalue weighted by molar-refractivity contribution is 6.02. The Morgan fingerprint density at radius 1 is 1.19 bits per heavy atom. The van der Waals surface area contributed by atoms with Gasteiger partial charge in [-0.3, -0.25) is 14.5 Å². The number of rotatable bonds is 6. The SMILES string of the molecule is CC1(C)Oc2ccccc2N(CCC(=O)NCCN2CCOCC2)C1=O. The van der Waals surface area contributed by atoms with Crippen LogP contribution in [0.25, 0.3) is 0 Å². The van der Waals surface area contributed by atoms with E-state index in [1.165, 1.54) is 0 Å². The number of carbonyl (C=O) groups excluding carboxylic acids is 2. The van der Waals surface area contributed by atoms with Crippen LogP contribution in [0.3, 0.4) is 0 Å². The van der Waals surface area contributed by atoms with Crippen molar-refractivity contribution >= 4 is 17.5 Å². The van der Waals surface area contributed by atoms with E-state index in [0.29, 0.717) is 18.8 Å². The highest BCUT2D eigenvalue weighted by Crippen LogP contribution is 2.37. The Kier molecular flexibility index (Phi) is 5.78. The molecule has 1 saturated heterocycles. The van der Waals surface area contributed by atoms with E-state index >= 15 is 0 Å². The normalized spacial score (nSPS) is 19.6. The number of hydrogen-bond acceptors (Lipinski definition) is 5. The predicted octanol–water partition coefficient (Wildman–Crippen LogP) is 1.03. The number of ether oxygens (including phenoxy) is 2. The molecular formula is C19H27N3O4. The molecule has 0 atom stereocenters. The van der Waals surface area contributed by atoms with E-state index in [1.807, 2.05) is 24.3 Å². The van der Waals surface area contributed by atoms with Gasteiger partial charge in [0, 0.05) is 39.1 Å². The fraction of sp³-hybridized carbons (Fsp3) is 0.579. The fourth-order valence-corrected chi connectivity index (χ4v) is 3.22. The van der Waals surface area contributed by atoms with E-state index in [-0.39, 0.29) is 18.2 Å². The van der Waals surface area contributed by atoms with Gasteiger partial charge in [-0.25, -0.2) is 0 Å². The Morgan fingerprint density at radius 3 is 2.69 bits per heavy atom. The van der Waals surface area contributed by atoms with Crippen molar-refractivity contribution < 1.29 is 19.1 Å². The first kappa shape index (κ1) is 18.7. The van der Waals surface area contributed by atoms with Crippen LogP contribution >= 0.6 is 0 Å². The molecule has 26 heavy (non-hydrogen) atoms. The van der Waals surface area contributed by atoms with Gasteiger partial charge in [0.25, 0.3) is 5.91 Å². The molecule has 2 aliphatic heterocycles. The number of para-hydroxylation sites is 2. The Balaban J connectivity index is 1.51. The second-order valence-corrected chi connectivity index (χ2v) is 7.09. The predicted molar refractivity (Wildman–Crippen MR) is 98.4 cm³/mol. The average Bonchev–Trinajstić information content (AvgIpc) is 2.63. The molecule has 0 aromatic heterocycles. The molecule has 2 aliphatic rings. The lowest BCUT2D eigenvalue weighted by Crippen LogP contribution is -2.53. The molecule has 3 rings (SSSR count). The highest BCUT2D eigenvalue weighted by Gasteiger charge is 2.40. The zero-order chi connectivity index (χ0) is 18.6. The molecular weight excluding hydrogens is 334 g/mol. The van der Waals surface area contributed by atoms with Crippen molar-refractivity contribution in [2.45, 2.75) is 25.9 Å². The Hall–Kier alpha value is -2.12. The Bertz CT molecular complexity index is 656. The monoisotopic (exact) mass is 361 g/mol. The maximum Gasteiger partial charge on any atom is 0.270 e. The Labute approximate surface area is 154 Å². The second kappa shape index (κ2) is 8.05. The third-order valence-electron chi connectivity index (χ3n) is 4.70. The molecule has 0 aliphatic carbocycles. The summed E-state index contributed by atoms with van der Waals surface area (Å²) < 4.78 is 11.1. The number of nitrogens with one attached hydrogen (secondary N) is 1. The summed E-state index contributed by atoms with van der Waals surface area (Å²) in [6.07, 6.45) is 0.263. The van der Waals surface area contributed by atoms with Gasteiger partial charge in [0.2, 0.25) is 5.91 Å². The van der Waals surface area contributed by atoms with Gasteiger partial charge >= 0.3 is 0 Å². The smallest absolute Gasteiger partial charge is 0.270 e. The maximum absolute atomic E-state index is 12.7. The van der Waals surface area contributed by atoms with Gasteiger partial charge in [0.05, 0.1) is 18.9 Å². The molecule has 1 aromatic rings. The molecule has 1 fully saturated rings. The molecule has 1 N–H and O–H groups in total. The summed E-state index contributed by atoms with van der Waals surface area (Å²) in [6.45, 7) is 8.59. The Morgan fingerprint density at radius 2 is 1.92 bits per heavy atom. The molecule has 1 aromatic carbocycles. The zero-order valence-electron chi connectivity index (χ0n) is 15.5. The number of hydrogen-bond donors (Lipinski definition) is 1. The standard InChI is InChI=1S/C19H27N3O4/c1-19(2)18(24)22(15-5-3-4-6-16(15)26-19)9-7-17(23)20-8-10-21-11-13-25-14-12-21/h3-6H,7-14H2,1-2H3,(H,20,23). The van der Waals surface area contributed by atoms with E-state index in [9.17, 15) is 9.59 Å². The van der Waals surface area contributed by atoms with Crippen LogP contribution in [0.15, 0.2) is 24.3 Å². The quantitative estimate of drug-likeness (QED) is 0.819. The van der Waals surface area contributed by atoms with E-state index in [1.54, 1.807) is 18.7 Å². The summed E-state index contributed by atoms with van der Waals surface area (Å²) in [7, 11) is 0. The average molecular weight is 361 g/mol. The summed E-state index contributed by atoms with van der Waals surface area (Å²) in [4.78, 5) is 28.8. The topological polar surface area (TPSA) is 71.1 Å². The van der Waals surface area contributed by atoms with Crippen molar-refractivity contribution in [2.24, 2.45) is 0 Å². The largest absolute Gasteiger partial charge is 0.476 e. The number of nitrogens with zero attached hydrogens (tertiary/aromatic N) is 2. The summed E-state index contributed by atoms with van der Waals surface area (Å²) >= 11 is 0. The van der Waals surface area contributed by atoms with Crippen LogP contribution in [0.4, 0.5) is 5.69 Å². The summed E-state index contributed by atoms with van der Waals surface area (Å²) in [6, 6.07) is 7.43. The molecule has 2 heterocycles. The molecule has 2 amide bonds. The van der Waals surface area contributed by atoms with Gasteiger partial charge in [-0.05, 0) is 26.0 Å². The van der Waals surface area contributed by atoms with Crippen LogP contribution < -0.4 is 15.0 Å². The first-order valence-corrected chi connectivity index (χ1v) is 9.14. The first-order chi connectivity index (χ1) is 12.5. The maximum atomic E-state index is 12.7.